The van der Waals surface area contributed by atoms with Crippen molar-refractivity contribution in [2.24, 2.45) is 0 Å². The molecule has 2 aromatic heterocycles. The number of hydrogen-bond donors (Lipinski definition) is 1. The third-order valence-electron chi connectivity index (χ3n) is 4.33. The van der Waals surface area contributed by atoms with Crippen LogP contribution in [0.1, 0.15) is 23.5 Å². The molecular weight excluding hydrogens is 294 g/mol. The van der Waals surface area contributed by atoms with Gasteiger partial charge in [-0.1, -0.05) is 0 Å². The molecule has 0 saturated carbocycles. The predicted octanol–water partition coefficient (Wildman–Crippen LogP) is 2.18. The van der Waals surface area contributed by atoms with Gasteiger partial charge in [-0.2, -0.15) is 10.2 Å². The fourth-order valence-corrected chi connectivity index (χ4v) is 3.27. The van der Waals surface area contributed by atoms with Crippen molar-refractivity contribution in [2.75, 3.05) is 6.79 Å². The highest BCUT2D eigenvalue weighted by Crippen LogP contribution is 2.35. The Labute approximate surface area is 132 Å². The van der Waals surface area contributed by atoms with Crippen LogP contribution in [0.4, 0.5) is 0 Å². The van der Waals surface area contributed by atoms with E-state index in [1.165, 1.54) is 11.3 Å². The first kappa shape index (κ1) is 12.7. The van der Waals surface area contributed by atoms with Gasteiger partial charge < -0.3 is 9.47 Å². The van der Waals surface area contributed by atoms with E-state index >= 15 is 0 Å². The van der Waals surface area contributed by atoms with Gasteiger partial charge in [-0.25, -0.2) is 9.67 Å². The van der Waals surface area contributed by atoms with Gasteiger partial charge >= 0.3 is 0 Å². The number of fused-ring (bicyclic) bond motifs is 2. The van der Waals surface area contributed by atoms with Crippen molar-refractivity contribution in [1.29, 1.82) is 0 Å². The molecule has 1 aliphatic carbocycles. The summed E-state index contributed by atoms with van der Waals surface area (Å²) in [4.78, 5) is 4.60. The van der Waals surface area contributed by atoms with E-state index in [0.29, 0.717) is 5.82 Å². The second kappa shape index (κ2) is 4.58. The SMILES string of the molecule is Cc1nc(-c2n[nH]c3c2CCC3)n(-c2ccc3c(c2)OCO3)n1. The molecule has 0 bridgehead atoms. The van der Waals surface area contributed by atoms with E-state index in [2.05, 4.69) is 20.3 Å². The van der Waals surface area contributed by atoms with Gasteiger partial charge in [0.15, 0.2) is 17.3 Å². The number of benzene rings is 1. The lowest BCUT2D eigenvalue weighted by atomic mass is 10.2. The minimum absolute atomic E-state index is 0.259. The van der Waals surface area contributed by atoms with E-state index in [9.17, 15) is 0 Å². The standard InChI is InChI=1S/C16H15N5O2/c1-9-17-16(15-11-3-2-4-12(11)18-19-15)21(20-9)10-5-6-13-14(7-10)23-8-22-13/h5-7H,2-4,8H2,1H3,(H,18,19). The predicted molar refractivity (Wildman–Crippen MR) is 81.8 cm³/mol. The van der Waals surface area contributed by atoms with Gasteiger partial charge in [-0.15, -0.1) is 0 Å². The number of H-pyrrole nitrogens is 1. The van der Waals surface area contributed by atoms with Crippen LogP contribution in [0.3, 0.4) is 0 Å². The third kappa shape index (κ3) is 1.86. The lowest BCUT2D eigenvalue weighted by molar-refractivity contribution is 0.174. The van der Waals surface area contributed by atoms with Gasteiger partial charge in [0.1, 0.15) is 11.5 Å². The molecule has 7 heteroatoms. The number of aromatic nitrogens is 5. The summed E-state index contributed by atoms with van der Waals surface area (Å²) in [6, 6.07) is 5.78. The molecule has 1 N–H and O–H groups in total. The Bertz CT molecular complexity index is 911. The molecular formula is C16H15N5O2. The van der Waals surface area contributed by atoms with Crippen molar-refractivity contribution >= 4 is 0 Å². The number of aromatic amines is 1. The molecule has 2 aliphatic rings. The van der Waals surface area contributed by atoms with E-state index in [-0.39, 0.29) is 6.79 Å². The van der Waals surface area contributed by atoms with Crippen molar-refractivity contribution in [2.45, 2.75) is 26.2 Å². The summed E-state index contributed by atoms with van der Waals surface area (Å²) in [5, 5.41) is 12.2. The molecule has 0 radical (unpaired) electrons. The Hall–Kier alpha value is -2.83. The van der Waals surface area contributed by atoms with Crippen molar-refractivity contribution in [3.63, 3.8) is 0 Å². The Kier molecular flexibility index (Phi) is 2.53. The van der Waals surface area contributed by atoms with Gasteiger partial charge in [0.05, 0.1) is 5.69 Å². The van der Waals surface area contributed by atoms with E-state index < -0.39 is 0 Å². The second-order valence-corrected chi connectivity index (χ2v) is 5.81. The number of hydrogen-bond acceptors (Lipinski definition) is 5. The Balaban J connectivity index is 1.67. The summed E-state index contributed by atoms with van der Waals surface area (Å²) < 4.78 is 12.7. The van der Waals surface area contributed by atoms with Crippen LogP contribution in [0.25, 0.3) is 17.2 Å². The summed E-state index contributed by atoms with van der Waals surface area (Å²) in [5.74, 6) is 2.97. The maximum Gasteiger partial charge on any atom is 0.231 e. The third-order valence-corrected chi connectivity index (χ3v) is 4.33. The molecule has 23 heavy (non-hydrogen) atoms. The molecule has 0 saturated heterocycles. The van der Waals surface area contributed by atoms with Crippen LogP contribution in [0.15, 0.2) is 18.2 Å². The molecule has 1 aromatic carbocycles. The Morgan fingerprint density at radius 3 is 3.04 bits per heavy atom. The van der Waals surface area contributed by atoms with E-state index in [4.69, 9.17) is 9.47 Å². The lowest BCUT2D eigenvalue weighted by Gasteiger charge is -2.06. The number of nitrogens with one attached hydrogen (secondary N) is 1. The average Bonchev–Trinajstić information content (AvgIpc) is 3.29. The fourth-order valence-electron chi connectivity index (χ4n) is 3.27. The molecule has 7 nitrogen and oxygen atoms in total. The van der Waals surface area contributed by atoms with Crippen LogP contribution in [0, 0.1) is 6.92 Å². The van der Waals surface area contributed by atoms with E-state index in [1.807, 2.05) is 29.8 Å². The molecule has 3 heterocycles. The Morgan fingerprint density at radius 1 is 1.17 bits per heavy atom. The minimum atomic E-state index is 0.259. The number of rotatable bonds is 2. The van der Waals surface area contributed by atoms with Gasteiger partial charge in [0.25, 0.3) is 0 Å². The highest BCUT2D eigenvalue weighted by Gasteiger charge is 2.24. The Morgan fingerprint density at radius 2 is 2.09 bits per heavy atom. The van der Waals surface area contributed by atoms with Crippen LogP contribution in [-0.4, -0.2) is 31.8 Å². The molecule has 116 valence electrons. The van der Waals surface area contributed by atoms with E-state index in [1.54, 1.807) is 0 Å². The van der Waals surface area contributed by atoms with Gasteiger partial charge in [0.2, 0.25) is 6.79 Å². The smallest absolute Gasteiger partial charge is 0.231 e. The maximum absolute atomic E-state index is 5.47. The highest BCUT2D eigenvalue weighted by atomic mass is 16.7. The molecule has 0 amide bonds. The summed E-state index contributed by atoms with van der Waals surface area (Å²) in [6.07, 6.45) is 3.25. The van der Waals surface area contributed by atoms with Crippen LogP contribution in [0.2, 0.25) is 0 Å². The highest BCUT2D eigenvalue weighted by molar-refractivity contribution is 5.61. The first-order valence-corrected chi connectivity index (χ1v) is 7.70. The quantitative estimate of drug-likeness (QED) is 0.785. The van der Waals surface area contributed by atoms with Crippen molar-refractivity contribution in [3.8, 4) is 28.7 Å². The summed E-state index contributed by atoms with van der Waals surface area (Å²) in [7, 11) is 0. The first-order valence-electron chi connectivity index (χ1n) is 7.70. The fraction of sp³-hybridized carbons (Fsp3) is 0.312. The molecule has 0 spiro atoms. The summed E-state index contributed by atoms with van der Waals surface area (Å²) in [6.45, 7) is 2.15. The zero-order chi connectivity index (χ0) is 15.4. The molecule has 0 fully saturated rings. The first-order chi connectivity index (χ1) is 11.3. The topological polar surface area (TPSA) is 77.9 Å². The largest absolute Gasteiger partial charge is 0.454 e. The zero-order valence-corrected chi connectivity index (χ0v) is 12.7. The number of aryl methyl sites for hydroxylation is 2. The normalized spacial score (nSPS) is 15.2. The van der Waals surface area contributed by atoms with Crippen LogP contribution >= 0.6 is 0 Å². The molecule has 3 aromatic rings. The number of ether oxygens (including phenoxy) is 2. The van der Waals surface area contributed by atoms with E-state index in [0.717, 1.165) is 48.0 Å². The van der Waals surface area contributed by atoms with Gasteiger partial charge in [-0.05, 0) is 38.3 Å². The molecule has 1 aliphatic heterocycles. The minimum Gasteiger partial charge on any atom is -0.454 e. The van der Waals surface area contributed by atoms with Gasteiger partial charge in [-0.3, -0.25) is 5.10 Å². The van der Waals surface area contributed by atoms with Crippen LogP contribution in [0.5, 0.6) is 11.5 Å². The summed E-state index contributed by atoms with van der Waals surface area (Å²) >= 11 is 0. The molecule has 0 atom stereocenters. The van der Waals surface area contributed by atoms with Crippen molar-refractivity contribution < 1.29 is 9.47 Å². The van der Waals surface area contributed by atoms with Gasteiger partial charge in [0, 0.05) is 17.3 Å². The van der Waals surface area contributed by atoms with Crippen molar-refractivity contribution in [1.82, 2.24) is 25.0 Å². The zero-order valence-electron chi connectivity index (χ0n) is 12.7. The number of nitrogens with zero attached hydrogens (tertiary/aromatic N) is 4. The van der Waals surface area contributed by atoms with Crippen LogP contribution in [-0.2, 0) is 12.8 Å². The maximum atomic E-state index is 5.47. The van der Waals surface area contributed by atoms with Crippen LogP contribution < -0.4 is 9.47 Å². The lowest BCUT2D eigenvalue weighted by Crippen LogP contribution is -2.01. The summed E-state index contributed by atoms with van der Waals surface area (Å²) in [5.41, 5.74) is 4.27. The second-order valence-electron chi connectivity index (χ2n) is 5.81. The molecule has 0 unspecified atom stereocenters. The monoisotopic (exact) mass is 309 g/mol. The average molecular weight is 309 g/mol. The van der Waals surface area contributed by atoms with Crippen molar-refractivity contribution in [3.05, 3.63) is 35.3 Å². The molecule has 5 rings (SSSR count).